The van der Waals surface area contributed by atoms with E-state index in [-0.39, 0.29) is 11.5 Å². The minimum absolute atomic E-state index is 0.0254. The molecule has 1 aromatic carbocycles. The van der Waals surface area contributed by atoms with Crippen LogP contribution in [0.4, 0.5) is 0 Å². The lowest BCUT2D eigenvalue weighted by molar-refractivity contribution is -0.154. The molecular weight excluding hydrogens is 284 g/mol. The first-order valence-corrected chi connectivity index (χ1v) is 8.52. The third kappa shape index (κ3) is 3.13. The highest BCUT2D eigenvalue weighted by atomic mass is 35.5. The van der Waals surface area contributed by atoms with Gasteiger partial charge in [0.1, 0.15) is 0 Å². The third-order valence-corrected chi connectivity index (χ3v) is 5.73. The molecule has 2 atom stereocenters. The Morgan fingerprint density at radius 2 is 1.86 bits per heavy atom. The molecule has 1 saturated heterocycles. The average molecular weight is 309 g/mol. The minimum atomic E-state index is -0.807. The Kier molecular flexibility index (Phi) is 4.31. The zero-order chi connectivity index (χ0) is 14.9. The Hall–Kier alpha value is -0.570. The molecule has 1 N–H and O–H groups in total. The zero-order valence-corrected chi connectivity index (χ0v) is 13.5. The Bertz CT molecular complexity index is 469. The van der Waals surface area contributed by atoms with Crippen molar-refractivity contribution in [3.05, 3.63) is 34.9 Å². The summed E-state index contributed by atoms with van der Waals surface area (Å²) in [6.07, 6.45) is 8.05. The van der Waals surface area contributed by atoms with Crippen LogP contribution in [0.5, 0.6) is 0 Å². The molecule has 0 bridgehead atoms. The van der Waals surface area contributed by atoms with E-state index in [9.17, 15) is 5.11 Å². The Morgan fingerprint density at radius 1 is 1.19 bits per heavy atom. The number of hydrogen-bond acceptors (Lipinski definition) is 2. The molecule has 2 unspecified atom stereocenters. The van der Waals surface area contributed by atoms with Crippen molar-refractivity contribution < 1.29 is 9.84 Å². The lowest BCUT2D eigenvalue weighted by Crippen LogP contribution is -2.47. The van der Waals surface area contributed by atoms with E-state index in [0.29, 0.717) is 5.02 Å². The summed E-state index contributed by atoms with van der Waals surface area (Å²) in [6.45, 7) is 2.72. The summed E-state index contributed by atoms with van der Waals surface area (Å²) in [6, 6.07) is 7.62. The van der Waals surface area contributed by atoms with Crippen molar-refractivity contribution in [2.75, 3.05) is 6.61 Å². The second kappa shape index (κ2) is 5.91. The van der Waals surface area contributed by atoms with Crippen LogP contribution in [0.2, 0.25) is 5.02 Å². The summed E-state index contributed by atoms with van der Waals surface area (Å²) in [4.78, 5) is 0. The molecule has 1 heterocycles. The molecule has 3 rings (SSSR count). The van der Waals surface area contributed by atoms with E-state index in [1.54, 1.807) is 0 Å². The molecule has 2 aliphatic rings. The van der Waals surface area contributed by atoms with Gasteiger partial charge in [-0.3, -0.25) is 0 Å². The number of halogens is 1. The van der Waals surface area contributed by atoms with Crippen molar-refractivity contribution >= 4 is 11.6 Å². The summed E-state index contributed by atoms with van der Waals surface area (Å²) in [5, 5.41) is 11.8. The van der Waals surface area contributed by atoms with Gasteiger partial charge in [-0.2, -0.15) is 0 Å². The van der Waals surface area contributed by atoms with E-state index in [4.69, 9.17) is 16.3 Å². The van der Waals surface area contributed by atoms with E-state index in [1.165, 1.54) is 19.3 Å². The van der Waals surface area contributed by atoms with Gasteiger partial charge >= 0.3 is 0 Å². The van der Waals surface area contributed by atoms with Crippen molar-refractivity contribution in [3.63, 3.8) is 0 Å². The number of aliphatic hydroxyl groups is 1. The maximum absolute atomic E-state index is 11.1. The van der Waals surface area contributed by atoms with Gasteiger partial charge in [-0.05, 0) is 56.2 Å². The second-order valence-electron chi connectivity index (χ2n) is 6.94. The normalized spacial score (nSPS) is 28.2. The molecule has 2 fully saturated rings. The van der Waals surface area contributed by atoms with Crippen LogP contribution in [0.15, 0.2) is 24.3 Å². The lowest BCUT2D eigenvalue weighted by Gasteiger charge is -2.47. The average Bonchev–Trinajstić information content (AvgIpc) is 2.48. The molecular formula is C18H25ClO2. The molecule has 0 radical (unpaired) electrons. The fraction of sp³-hybridized carbons (Fsp3) is 0.667. The van der Waals surface area contributed by atoms with Gasteiger partial charge in [0.2, 0.25) is 0 Å². The molecule has 0 aromatic heterocycles. The van der Waals surface area contributed by atoms with Gasteiger partial charge in [0.15, 0.2) is 0 Å². The van der Waals surface area contributed by atoms with Crippen molar-refractivity contribution in [2.45, 2.75) is 63.1 Å². The first-order chi connectivity index (χ1) is 10.0. The largest absolute Gasteiger partial charge is 0.385 e. The van der Waals surface area contributed by atoms with Crippen LogP contribution < -0.4 is 0 Å². The summed E-state index contributed by atoms with van der Waals surface area (Å²) >= 11 is 5.96. The van der Waals surface area contributed by atoms with Crippen LogP contribution in [-0.4, -0.2) is 17.3 Å². The minimum Gasteiger partial charge on any atom is -0.385 e. The summed E-state index contributed by atoms with van der Waals surface area (Å²) in [5.41, 5.74) is 0.181. The first-order valence-electron chi connectivity index (χ1n) is 8.14. The summed E-state index contributed by atoms with van der Waals surface area (Å²) < 4.78 is 6.15. The van der Waals surface area contributed by atoms with Crippen LogP contribution in [0, 0.1) is 5.92 Å². The van der Waals surface area contributed by atoms with Gasteiger partial charge in [0, 0.05) is 11.6 Å². The van der Waals surface area contributed by atoms with Crippen molar-refractivity contribution in [3.8, 4) is 0 Å². The topological polar surface area (TPSA) is 29.5 Å². The third-order valence-electron chi connectivity index (χ3n) is 5.48. The molecule has 1 aliphatic heterocycles. The Balaban J connectivity index is 1.79. The Morgan fingerprint density at radius 3 is 2.52 bits per heavy atom. The van der Waals surface area contributed by atoms with E-state index >= 15 is 0 Å². The van der Waals surface area contributed by atoms with E-state index in [2.05, 4.69) is 0 Å². The zero-order valence-electron chi connectivity index (χ0n) is 12.8. The molecule has 1 aromatic rings. The SMILES string of the molecule is CC(O)(c1ccc(Cl)cc1)C1CCOC2(CCCCC2)C1. The molecule has 3 heteroatoms. The number of rotatable bonds is 2. The fourth-order valence-corrected chi connectivity index (χ4v) is 4.20. The smallest absolute Gasteiger partial charge is 0.0898 e. The Labute approximate surface area is 132 Å². The number of benzene rings is 1. The van der Waals surface area contributed by atoms with Gasteiger partial charge in [-0.15, -0.1) is 0 Å². The predicted molar refractivity (Wildman–Crippen MR) is 85.5 cm³/mol. The molecule has 1 aliphatic carbocycles. The molecule has 2 nitrogen and oxygen atoms in total. The molecule has 0 amide bonds. The highest BCUT2D eigenvalue weighted by molar-refractivity contribution is 6.30. The fourth-order valence-electron chi connectivity index (χ4n) is 4.08. The van der Waals surface area contributed by atoms with E-state index in [1.807, 2.05) is 31.2 Å². The van der Waals surface area contributed by atoms with Crippen molar-refractivity contribution in [2.24, 2.45) is 5.92 Å². The van der Waals surface area contributed by atoms with Crippen LogP contribution in [0.25, 0.3) is 0 Å². The van der Waals surface area contributed by atoms with Crippen LogP contribution >= 0.6 is 11.6 Å². The first kappa shape index (κ1) is 15.3. The molecule has 1 spiro atoms. The van der Waals surface area contributed by atoms with Gasteiger partial charge in [0.25, 0.3) is 0 Å². The number of hydrogen-bond donors (Lipinski definition) is 1. The van der Waals surface area contributed by atoms with Crippen molar-refractivity contribution in [1.82, 2.24) is 0 Å². The monoisotopic (exact) mass is 308 g/mol. The van der Waals surface area contributed by atoms with Crippen LogP contribution in [0.1, 0.15) is 57.4 Å². The van der Waals surface area contributed by atoms with Crippen LogP contribution in [0.3, 0.4) is 0 Å². The van der Waals surface area contributed by atoms with Gasteiger partial charge in [0.05, 0.1) is 11.2 Å². The maximum Gasteiger partial charge on any atom is 0.0898 e. The molecule has 21 heavy (non-hydrogen) atoms. The highest BCUT2D eigenvalue weighted by Gasteiger charge is 2.44. The maximum atomic E-state index is 11.1. The summed E-state index contributed by atoms with van der Waals surface area (Å²) in [5.74, 6) is 0.255. The second-order valence-corrected chi connectivity index (χ2v) is 7.37. The molecule has 1 saturated carbocycles. The number of ether oxygens (including phenoxy) is 1. The van der Waals surface area contributed by atoms with Crippen LogP contribution in [-0.2, 0) is 10.3 Å². The molecule has 116 valence electrons. The van der Waals surface area contributed by atoms with Gasteiger partial charge in [-0.1, -0.05) is 43.0 Å². The van der Waals surface area contributed by atoms with Gasteiger partial charge in [-0.25, -0.2) is 0 Å². The van der Waals surface area contributed by atoms with Gasteiger partial charge < -0.3 is 9.84 Å². The quantitative estimate of drug-likeness (QED) is 0.859. The predicted octanol–water partition coefficient (Wildman–Crippen LogP) is 4.68. The lowest BCUT2D eigenvalue weighted by atomic mass is 9.69. The summed E-state index contributed by atoms with van der Waals surface area (Å²) in [7, 11) is 0. The van der Waals surface area contributed by atoms with E-state index in [0.717, 1.165) is 37.9 Å². The highest BCUT2D eigenvalue weighted by Crippen LogP contribution is 2.46. The van der Waals surface area contributed by atoms with Crippen molar-refractivity contribution in [1.29, 1.82) is 0 Å². The standard InChI is InChI=1S/C18H25ClO2/c1-17(20,14-5-7-16(19)8-6-14)15-9-12-21-18(13-15)10-3-2-4-11-18/h5-8,15,20H,2-4,9-13H2,1H3. The van der Waals surface area contributed by atoms with E-state index < -0.39 is 5.60 Å².